The fraction of sp³-hybridized carbons (Fsp3) is 0.188. The first kappa shape index (κ1) is 16.5. The van der Waals surface area contributed by atoms with Crippen LogP contribution in [0.25, 0.3) is 0 Å². The summed E-state index contributed by atoms with van der Waals surface area (Å²) in [5, 5.41) is 0.512. The molecule has 4 nitrogen and oxygen atoms in total. The Labute approximate surface area is 140 Å². The molecule has 0 saturated carbocycles. The number of benzene rings is 2. The Balaban J connectivity index is 2.15. The lowest BCUT2D eigenvalue weighted by atomic mass is 10.1. The predicted molar refractivity (Wildman–Crippen MR) is 98.8 cm³/mol. The Hall–Kier alpha value is -1.92. The Bertz CT molecular complexity index is 706. The summed E-state index contributed by atoms with van der Waals surface area (Å²) in [5.41, 5.74) is 17.4. The van der Waals surface area contributed by atoms with Gasteiger partial charge in [-0.3, -0.25) is 0 Å². The minimum Gasteiger partial charge on any atom is -0.397 e. The summed E-state index contributed by atoms with van der Waals surface area (Å²) in [6, 6.07) is 11.7. The van der Waals surface area contributed by atoms with Crippen LogP contribution in [-0.2, 0) is 18.2 Å². The maximum absolute atomic E-state index is 6.04. The van der Waals surface area contributed by atoms with Crippen LogP contribution in [0.5, 0.6) is 0 Å². The van der Waals surface area contributed by atoms with Gasteiger partial charge in [-0.05, 0) is 36.6 Å². The van der Waals surface area contributed by atoms with Gasteiger partial charge in [-0.25, -0.2) is 4.99 Å². The molecular weight excluding hydrogens is 312 g/mol. The number of hydrogen-bond acceptors (Lipinski definition) is 5. The van der Waals surface area contributed by atoms with E-state index in [1.54, 1.807) is 6.07 Å². The molecule has 0 aliphatic heterocycles. The van der Waals surface area contributed by atoms with Gasteiger partial charge in [0, 0.05) is 18.2 Å². The lowest BCUT2D eigenvalue weighted by Gasteiger charge is -2.08. The molecule has 2 aromatic rings. The lowest BCUT2D eigenvalue weighted by Crippen LogP contribution is -2.07. The fourth-order valence-corrected chi connectivity index (χ4v) is 2.95. The summed E-state index contributed by atoms with van der Waals surface area (Å²) in [7, 11) is 0. The number of thioether (sulfide) groups is 1. The number of rotatable bonds is 4. The Kier molecular flexibility index (Phi) is 5.51. The Morgan fingerprint density at radius 2 is 1.77 bits per heavy atom. The van der Waals surface area contributed by atoms with Gasteiger partial charge in [0.1, 0.15) is 5.69 Å². The lowest BCUT2D eigenvalue weighted by molar-refractivity contribution is 1.32. The van der Waals surface area contributed by atoms with Gasteiger partial charge in [0.05, 0.1) is 11.4 Å². The molecule has 0 amide bonds. The number of anilines is 1. The summed E-state index contributed by atoms with van der Waals surface area (Å²) in [5.74, 6) is 0.630. The van der Waals surface area contributed by atoms with Crippen molar-refractivity contribution in [2.45, 2.75) is 19.6 Å². The molecule has 4 N–H and O–H groups in total. The zero-order valence-corrected chi connectivity index (χ0v) is 14.2. The van der Waals surface area contributed by atoms with Crippen molar-refractivity contribution in [2.75, 3.05) is 5.73 Å². The van der Waals surface area contributed by atoms with Crippen LogP contribution in [0.4, 0.5) is 17.1 Å². The third kappa shape index (κ3) is 3.84. The highest BCUT2D eigenvalue weighted by atomic mass is 32.2. The number of aliphatic imine (C=N–C) groups is 1. The van der Waals surface area contributed by atoms with Crippen molar-refractivity contribution in [3.05, 3.63) is 53.1 Å². The van der Waals surface area contributed by atoms with Crippen molar-refractivity contribution >= 4 is 46.4 Å². The average molecular weight is 330 g/mol. The fourth-order valence-electron chi connectivity index (χ4n) is 2.08. The summed E-state index contributed by atoms with van der Waals surface area (Å²) < 4.78 is 3.74. The molecule has 0 aromatic heterocycles. The SMILES string of the molecule is Cc1cccc(C)c1N=C(N)SCc1cccc(N=S)c1N. The largest absolute Gasteiger partial charge is 0.397 e. The minimum absolute atomic E-state index is 0.512. The van der Waals surface area contributed by atoms with Gasteiger partial charge >= 0.3 is 0 Å². The van der Waals surface area contributed by atoms with Crippen LogP contribution >= 0.6 is 11.8 Å². The molecular formula is C16H18N4S2. The molecule has 0 spiro atoms. The van der Waals surface area contributed by atoms with Gasteiger partial charge in [0.2, 0.25) is 0 Å². The highest BCUT2D eigenvalue weighted by molar-refractivity contribution is 8.13. The molecule has 0 bridgehead atoms. The monoisotopic (exact) mass is 330 g/mol. The van der Waals surface area contributed by atoms with E-state index in [-0.39, 0.29) is 0 Å². The molecule has 0 unspecified atom stereocenters. The van der Waals surface area contributed by atoms with E-state index in [0.29, 0.717) is 22.3 Å². The number of aryl methyl sites for hydroxylation is 2. The molecule has 2 rings (SSSR count). The smallest absolute Gasteiger partial charge is 0.159 e. The van der Waals surface area contributed by atoms with Crippen molar-refractivity contribution in [3.63, 3.8) is 0 Å². The number of hydrogen-bond donors (Lipinski definition) is 2. The Morgan fingerprint density at radius 1 is 1.14 bits per heavy atom. The quantitative estimate of drug-likeness (QED) is 0.502. The molecule has 114 valence electrons. The second-order valence-electron chi connectivity index (χ2n) is 4.92. The van der Waals surface area contributed by atoms with Gasteiger partial charge in [-0.1, -0.05) is 42.1 Å². The standard InChI is InChI=1S/C16H18N4S2/c1-10-5-3-6-11(2)15(10)19-16(18)22-9-12-7-4-8-13(20-21)14(12)17/h3-8H,9,17H2,1-2H3,(H2,18,19). The summed E-state index contributed by atoms with van der Waals surface area (Å²) in [6.07, 6.45) is 0. The topological polar surface area (TPSA) is 76.8 Å². The highest BCUT2D eigenvalue weighted by Gasteiger charge is 2.06. The van der Waals surface area contributed by atoms with Crippen molar-refractivity contribution in [1.29, 1.82) is 0 Å². The summed E-state index contributed by atoms with van der Waals surface area (Å²) >= 11 is 6.15. The van der Waals surface area contributed by atoms with E-state index in [1.165, 1.54) is 11.8 Å². The second kappa shape index (κ2) is 7.38. The van der Waals surface area contributed by atoms with Crippen LogP contribution in [0, 0.1) is 13.8 Å². The molecule has 0 saturated heterocycles. The maximum Gasteiger partial charge on any atom is 0.159 e. The average Bonchev–Trinajstić information content (AvgIpc) is 2.50. The zero-order chi connectivity index (χ0) is 16.1. The van der Waals surface area contributed by atoms with Gasteiger partial charge in [-0.15, -0.1) is 0 Å². The van der Waals surface area contributed by atoms with Crippen LogP contribution in [0.2, 0.25) is 0 Å². The van der Waals surface area contributed by atoms with Crippen molar-refractivity contribution < 1.29 is 0 Å². The first-order chi connectivity index (χ1) is 10.5. The van der Waals surface area contributed by atoms with Crippen molar-refractivity contribution in [3.8, 4) is 0 Å². The number of para-hydroxylation sites is 2. The van der Waals surface area contributed by atoms with E-state index in [2.05, 4.69) is 9.36 Å². The first-order valence-corrected chi connectivity index (χ1v) is 8.12. The van der Waals surface area contributed by atoms with Crippen LogP contribution in [0.3, 0.4) is 0 Å². The molecule has 0 heterocycles. The Morgan fingerprint density at radius 3 is 2.41 bits per heavy atom. The first-order valence-electron chi connectivity index (χ1n) is 6.77. The van der Waals surface area contributed by atoms with Crippen LogP contribution in [0.1, 0.15) is 16.7 Å². The maximum atomic E-state index is 6.04. The molecule has 0 aliphatic carbocycles. The van der Waals surface area contributed by atoms with Gasteiger partial charge in [-0.2, -0.15) is 4.36 Å². The van der Waals surface area contributed by atoms with E-state index in [1.807, 2.05) is 44.2 Å². The molecule has 2 aromatic carbocycles. The van der Waals surface area contributed by atoms with E-state index < -0.39 is 0 Å². The minimum atomic E-state index is 0.512. The number of nitrogen functional groups attached to an aromatic ring is 1. The van der Waals surface area contributed by atoms with E-state index in [9.17, 15) is 0 Å². The van der Waals surface area contributed by atoms with Crippen molar-refractivity contribution in [2.24, 2.45) is 15.1 Å². The van der Waals surface area contributed by atoms with E-state index >= 15 is 0 Å². The van der Waals surface area contributed by atoms with Gasteiger partial charge < -0.3 is 11.5 Å². The molecule has 0 fully saturated rings. The molecule has 6 heteroatoms. The number of nitrogens with two attached hydrogens (primary N) is 2. The highest BCUT2D eigenvalue weighted by Crippen LogP contribution is 2.29. The normalized spacial score (nSPS) is 11.5. The summed E-state index contributed by atoms with van der Waals surface area (Å²) in [6.45, 7) is 4.05. The predicted octanol–water partition coefficient (Wildman–Crippen LogP) is 4.13. The molecule has 0 aliphatic rings. The van der Waals surface area contributed by atoms with Crippen molar-refractivity contribution in [1.82, 2.24) is 0 Å². The zero-order valence-electron chi connectivity index (χ0n) is 12.5. The molecule has 22 heavy (non-hydrogen) atoms. The molecule has 0 radical (unpaired) electrons. The van der Waals surface area contributed by atoms with Gasteiger partial charge in [0.25, 0.3) is 0 Å². The summed E-state index contributed by atoms with van der Waals surface area (Å²) in [4.78, 5) is 4.52. The second-order valence-corrected chi connectivity index (χ2v) is 6.10. The van der Waals surface area contributed by atoms with Gasteiger partial charge in [0.15, 0.2) is 5.17 Å². The van der Waals surface area contributed by atoms with E-state index in [4.69, 9.17) is 23.9 Å². The third-order valence-corrected chi connectivity index (χ3v) is 4.35. The number of nitrogens with zero attached hydrogens (tertiary/aromatic N) is 2. The van der Waals surface area contributed by atoms with Crippen LogP contribution in [-0.4, -0.2) is 5.17 Å². The molecule has 0 atom stereocenters. The van der Waals surface area contributed by atoms with E-state index in [0.717, 1.165) is 22.4 Å². The third-order valence-electron chi connectivity index (χ3n) is 3.31. The number of amidine groups is 1. The van der Waals surface area contributed by atoms with Crippen LogP contribution < -0.4 is 11.5 Å². The van der Waals surface area contributed by atoms with Crippen LogP contribution in [0.15, 0.2) is 45.8 Å².